The first-order valence-electron chi connectivity index (χ1n) is 5.27. The number of carbonyl (C=O) groups is 1. The second-order valence-electron chi connectivity index (χ2n) is 3.10. The molecule has 1 N–H and O–H groups in total. The van der Waals surface area contributed by atoms with Crippen molar-refractivity contribution in [3.8, 4) is 0 Å². The molecule has 0 saturated carbocycles. The third kappa shape index (κ3) is 5.80. The molecule has 0 heterocycles. The van der Waals surface area contributed by atoms with Gasteiger partial charge in [-0.15, -0.1) is 0 Å². The van der Waals surface area contributed by atoms with Crippen LogP contribution in [0.1, 0.15) is 26.7 Å². The van der Waals surface area contributed by atoms with E-state index in [1.807, 2.05) is 13.8 Å². The van der Waals surface area contributed by atoms with Crippen molar-refractivity contribution in [2.45, 2.75) is 26.7 Å². The lowest BCUT2D eigenvalue weighted by Crippen LogP contribution is -2.40. The largest absolute Gasteiger partial charge is 0.385 e. The second-order valence-corrected chi connectivity index (χ2v) is 3.10. The number of amides is 2. The molecule has 0 rings (SSSR count). The van der Waals surface area contributed by atoms with Crippen molar-refractivity contribution < 1.29 is 9.53 Å². The van der Waals surface area contributed by atoms with Gasteiger partial charge in [0.25, 0.3) is 0 Å². The van der Waals surface area contributed by atoms with Gasteiger partial charge in [-0.1, -0.05) is 0 Å². The van der Waals surface area contributed by atoms with E-state index in [2.05, 4.69) is 5.32 Å². The van der Waals surface area contributed by atoms with Gasteiger partial charge in [-0.05, 0) is 26.7 Å². The number of urea groups is 1. The van der Waals surface area contributed by atoms with Crippen molar-refractivity contribution >= 4 is 6.03 Å². The van der Waals surface area contributed by atoms with Crippen molar-refractivity contribution in [1.82, 2.24) is 10.2 Å². The summed E-state index contributed by atoms with van der Waals surface area (Å²) in [5, 5.41) is 2.87. The Kier molecular flexibility index (Phi) is 8.33. The van der Waals surface area contributed by atoms with Gasteiger partial charge in [-0.3, -0.25) is 0 Å². The number of methoxy groups -OCH3 is 1. The molecule has 2 amide bonds. The summed E-state index contributed by atoms with van der Waals surface area (Å²) in [6, 6.07) is 0.0346. The van der Waals surface area contributed by atoms with Crippen molar-refractivity contribution in [2.24, 2.45) is 0 Å². The Morgan fingerprint density at radius 3 is 2.43 bits per heavy atom. The molecule has 0 aliphatic rings. The number of hydrogen-bond acceptors (Lipinski definition) is 2. The van der Waals surface area contributed by atoms with Gasteiger partial charge in [0.15, 0.2) is 0 Å². The zero-order valence-electron chi connectivity index (χ0n) is 9.51. The number of hydrogen-bond donors (Lipinski definition) is 1. The standard InChI is InChI=1S/C10H22N2O2/c1-4-12(5-2)10(13)11-8-6-7-9-14-3/h4-9H2,1-3H3,(H,11,13). The van der Waals surface area contributed by atoms with E-state index in [1.165, 1.54) is 0 Å². The van der Waals surface area contributed by atoms with Gasteiger partial charge in [0.05, 0.1) is 0 Å². The first-order chi connectivity index (χ1) is 6.76. The fourth-order valence-corrected chi connectivity index (χ4v) is 1.19. The molecular formula is C10H22N2O2. The molecule has 0 fully saturated rings. The first kappa shape index (κ1) is 13.2. The molecule has 0 aromatic rings. The van der Waals surface area contributed by atoms with Crippen molar-refractivity contribution in [1.29, 1.82) is 0 Å². The normalized spacial score (nSPS) is 9.93. The average Bonchev–Trinajstić information content (AvgIpc) is 2.19. The van der Waals surface area contributed by atoms with E-state index >= 15 is 0 Å². The third-order valence-corrected chi connectivity index (χ3v) is 2.10. The molecule has 4 heteroatoms. The molecule has 0 saturated heterocycles. The highest BCUT2D eigenvalue weighted by atomic mass is 16.5. The van der Waals surface area contributed by atoms with Crippen LogP contribution in [0.3, 0.4) is 0 Å². The van der Waals surface area contributed by atoms with Gasteiger partial charge in [-0.25, -0.2) is 4.79 Å². The molecule has 0 aromatic heterocycles. The summed E-state index contributed by atoms with van der Waals surface area (Å²) in [5.74, 6) is 0. The minimum Gasteiger partial charge on any atom is -0.385 e. The molecular weight excluding hydrogens is 180 g/mol. The lowest BCUT2D eigenvalue weighted by Gasteiger charge is -2.19. The van der Waals surface area contributed by atoms with Crippen LogP contribution < -0.4 is 5.32 Å². The monoisotopic (exact) mass is 202 g/mol. The topological polar surface area (TPSA) is 41.6 Å². The fourth-order valence-electron chi connectivity index (χ4n) is 1.19. The van der Waals surface area contributed by atoms with Crippen LogP contribution in [0.25, 0.3) is 0 Å². The summed E-state index contributed by atoms with van der Waals surface area (Å²) >= 11 is 0. The Bertz CT molecular complexity index is 147. The number of unbranched alkanes of at least 4 members (excludes halogenated alkanes) is 1. The fraction of sp³-hybridized carbons (Fsp3) is 0.900. The van der Waals surface area contributed by atoms with Crippen molar-refractivity contribution in [3.63, 3.8) is 0 Å². The number of rotatable bonds is 7. The lowest BCUT2D eigenvalue weighted by atomic mass is 10.3. The average molecular weight is 202 g/mol. The van der Waals surface area contributed by atoms with Gasteiger partial charge in [-0.2, -0.15) is 0 Å². The molecule has 0 aliphatic heterocycles. The van der Waals surface area contributed by atoms with E-state index in [1.54, 1.807) is 12.0 Å². The van der Waals surface area contributed by atoms with Crippen LogP contribution in [0, 0.1) is 0 Å². The van der Waals surface area contributed by atoms with Gasteiger partial charge in [0.1, 0.15) is 0 Å². The summed E-state index contributed by atoms with van der Waals surface area (Å²) in [6.45, 7) is 6.99. The number of nitrogens with zero attached hydrogens (tertiary/aromatic N) is 1. The number of nitrogens with one attached hydrogen (secondary N) is 1. The third-order valence-electron chi connectivity index (χ3n) is 2.10. The molecule has 4 nitrogen and oxygen atoms in total. The van der Waals surface area contributed by atoms with Gasteiger partial charge < -0.3 is 15.0 Å². The molecule has 0 aliphatic carbocycles. The first-order valence-corrected chi connectivity index (χ1v) is 5.27. The highest BCUT2D eigenvalue weighted by Gasteiger charge is 2.06. The van der Waals surface area contributed by atoms with Gasteiger partial charge in [0, 0.05) is 33.4 Å². The van der Waals surface area contributed by atoms with Crippen LogP contribution in [-0.4, -0.2) is 44.3 Å². The Morgan fingerprint density at radius 1 is 1.29 bits per heavy atom. The van der Waals surface area contributed by atoms with E-state index < -0.39 is 0 Å². The van der Waals surface area contributed by atoms with E-state index in [0.29, 0.717) is 0 Å². The van der Waals surface area contributed by atoms with E-state index in [4.69, 9.17) is 4.74 Å². The lowest BCUT2D eigenvalue weighted by molar-refractivity contribution is 0.189. The highest BCUT2D eigenvalue weighted by Crippen LogP contribution is 1.90. The molecule has 84 valence electrons. The Balaban J connectivity index is 3.43. The maximum absolute atomic E-state index is 11.4. The Morgan fingerprint density at radius 2 is 1.93 bits per heavy atom. The van der Waals surface area contributed by atoms with Crippen LogP contribution in [0.2, 0.25) is 0 Å². The van der Waals surface area contributed by atoms with Crippen LogP contribution >= 0.6 is 0 Å². The number of ether oxygens (including phenoxy) is 1. The zero-order chi connectivity index (χ0) is 10.8. The molecule has 0 spiro atoms. The van der Waals surface area contributed by atoms with Gasteiger partial charge in [0.2, 0.25) is 0 Å². The predicted octanol–water partition coefficient (Wildman–Crippen LogP) is 1.46. The Labute approximate surface area is 86.6 Å². The minimum absolute atomic E-state index is 0.0346. The maximum Gasteiger partial charge on any atom is 0.317 e. The number of carbonyl (C=O) groups excluding carboxylic acids is 1. The quantitative estimate of drug-likeness (QED) is 0.635. The highest BCUT2D eigenvalue weighted by molar-refractivity contribution is 5.73. The van der Waals surface area contributed by atoms with E-state index in [9.17, 15) is 4.79 Å². The zero-order valence-corrected chi connectivity index (χ0v) is 9.51. The van der Waals surface area contributed by atoms with Crippen molar-refractivity contribution in [3.05, 3.63) is 0 Å². The molecule has 0 bridgehead atoms. The molecule has 14 heavy (non-hydrogen) atoms. The van der Waals surface area contributed by atoms with Crippen molar-refractivity contribution in [2.75, 3.05) is 33.4 Å². The molecule has 0 aromatic carbocycles. The summed E-state index contributed by atoms with van der Waals surface area (Å²) < 4.78 is 4.92. The predicted molar refractivity (Wildman–Crippen MR) is 57.4 cm³/mol. The van der Waals surface area contributed by atoms with Crippen LogP contribution in [0.5, 0.6) is 0 Å². The van der Waals surface area contributed by atoms with E-state index in [0.717, 1.165) is 39.1 Å². The Hall–Kier alpha value is -0.770. The summed E-state index contributed by atoms with van der Waals surface area (Å²) in [5.41, 5.74) is 0. The van der Waals surface area contributed by atoms with Crippen LogP contribution in [0.15, 0.2) is 0 Å². The minimum atomic E-state index is 0.0346. The maximum atomic E-state index is 11.4. The summed E-state index contributed by atoms with van der Waals surface area (Å²) in [7, 11) is 1.69. The summed E-state index contributed by atoms with van der Waals surface area (Å²) in [4.78, 5) is 13.2. The van der Waals surface area contributed by atoms with E-state index in [-0.39, 0.29) is 6.03 Å². The smallest absolute Gasteiger partial charge is 0.317 e. The SMILES string of the molecule is CCN(CC)C(=O)NCCCCOC. The van der Waals surface area contributed by atoms with Gasteiger partial charge >= 0.3 is 6.03 Å². The molecule has 0 atom stereocenters. The van der Waals surface area contributed by atoms with Crippen LogP contribution in [0.4, 0.5) is 4.79 Å². The molecule has 0 radical (unpaired) electrons. The second kappa shape index (κ2) is 8.81. The molecule has 0 unspecified atom stereocenters. The van der Waals surface area contributed by atoms with Crippen LogP contribution in [-0.2, 0) is 4.74 Å². The summed E-state index contributed by atoms with van der Waals surface area (Å²) in [6.07, 6.45) is 1.97.